The van der Waals surface area contributed by atoms with Crippen LogP contribution in [0.3, 0.4) is 0 Å². The van der Waals surface area contributed by atoms with E-state index >= 15 is 0 Å². The van der Waals surface area contributed by atoms with Crippen LogP contribution in [0.4, 0.5) is 0 Å². The highest BCUT2D eigenvalue weighted by Gasteiger charge is 2.19. The molecule has 2 rings (SSSR count). The van der Waals surface area contributed by atoms with Crippen molar-refractivity contribution in [3.8, 4) is 11.3 Å². The van der Waals surface area contributed by atoms with Crippen molar-refractivity contribution in [2.75, 3.05) is 13.7 Å². The van der Waals surface area contributed by atoms with E-state index in [2.05, 4.69) is 41.1 Å². The summed E-state index contributed by atoms with van der Waals surface area (Å²) in [6.45, 7) is 10.3. The van der Waals surface area contributed by atoms with Crippen molar-refractivity contribution in [2.24, 2.45) is 0 Å². The molecule has 0 saturated carbocycles. The number of hydrogen-bond acceptors (Lipinski definition) is 5. The van der Waals surface area contributed by atoms with Gasteiger partial charge in [0.2, 0.25) is 0 Å². The summed E-state index contributed by atoms with van der Waals surface area (Å²) in [5, 5.41) is 0. The van der Waals surface area contributed by atoms with E-state index < -0.39 is 8.07 Å². The number of aryl methyl sites for hydroxylation is 1. The normalized spacial score (nSPS) is 11.6. The topological polar surface area (TPSA) is 66.2 Å². The van der Waals surface area contributed by atoms with Crippen LogP contribution >= 0.6 is 0 Å². The van der Waals surface area contributed by atoms with Crippen LogP contribution in [-0.2, 0) is 22.6 Å². The van der Waals surface area contributed by atoms with E-state index in [1.165, 1.54) is 7.11 Å². The Labute approximate surface area is 162 Å². The summed E-state index contributed by atoms with van der Waals surface area (Å²) >= 11 is 0. The highest BCUT2D eigenvalue weighted by Crippen LogP contribution is 2.25. The van der Waals surface area contributed by atoms with Gasteiger partial charge in [-0.25, -0.2) is 9.78 Å². The van der Waals surface area contributed by atoms with Crippen LogP contribution in [0, 0.1) is 0 Å². The van der Waals surface area contributed by atoms with E-state index in [-0.39, 0.29) is 5.97 Å². The molecule has 2 aromatic heterocycles. The van der Waals surface area contributed by atoms with Crippen molar-refractivity contribution >= 4 is 14.0 Å². The summed E-state index contributed by atoms with van der Waals surface area (Å²) in [5.74, 6) is 0.592. The number of methoxy groups -OCH3 is 1. The van der Waals surface area contributed by atoms with Gasteiger partial charge in [-0.2, -0.15) is 0 Å². The molecule has 2 aromatic rings. The van der Waals surface area contributed by atoms with E-state index in [0.29, 0.717) is 17.9 Å². The predicted molar refractivity (Wildman–Crippen MR) is 110 cm³/mol. The standard InChI is InChI=1S/C20H31N3O3Si/c1-6-7-8-19-22-14-18(23(19)15-26-11-12-27(3,4)5)17-13-21-10-9-16(17)20(24)25-2/h9-10,13-14H,6-8,11-12,15H2,1-5H3. The van der Waals surface area contributed by atoms with Crippen LogP contribution in [-0.4, -0.2) is 42.3 Å². The molecule has 27 heavy (non-hydrogen) atoms. The quantitative estimate of drug-likeness (QED) is 0.342. The van der Waals surface area contributed by atoms with Crippen molar-refractivity contribution in [3.05, 3.63) is 36.0 Å². The van der Waals surface area contributed by atoms with Gasteiger partial charge >= 0.3 is 5.97 Å². The molecule has 0 spiro atoms. The Hall–Kier alpha value is -1.99. The summed E-state index contributed by atoms with van der Waals surface area (Å²) in [4.78, 5) is 21.0. The molecule has 0 fully saturated rings. The maximum Gasteiger partial charge on any atom is 0.338 e. The minimum absolute atomic E-state index is 0.380. The van der Waals surface area contributed by atoms with Crippen LogP contribution in [0.1, 0.15) is 35.9 Å². The molecule has 0 radical (unpaired) electrons. The predicted octanol–water partition coefficient (Wildman–Crippen LogP) is 4.39. The maximum atomic E-state index is 12.2. The smallest absolute Gasteiger partial charge is 0.338 e. The molecule has 0 aromatic carbocycles. The maximum absolute atomic E-state index is 12.2. The molecule has 0 saturated heterocycles. The number of rotatable bonds is 10. The number of pyridine rings is 1. The van der Waals surface area contributed by atoms with Gasteiger partial charge in [0.15, 0.2) is 0 Å². The molecule has 0 unspecified atom stereocenters. The molecule has 0 N–H and O–H groups in total. The second-order valence-electron chi connectivity index (χ2n) is 7.85. The van der Waals surface area contributed by atoms with Gasteiger partial charge in [-0.3, -0.25) is 4.98 Å². The van der Waals surface area contributed by atoms with Crippen molar-refractivity contribution in [1.29, 1.82) is 0 Å². The van der Waals surface area contributed by atoms with E-state index in [9.17, 15) is 4.79 Å². The fraction of sp³-hybridized carbons (Fsp3) is 0.550. The molecule has 0 aliphatic heterocycles. The number of ether oxygens (including phenoxy) is 2. The van der Waals surface area contributed by atoms with Crippen LogP contribution in [0.25, 0.3) is 11.3 Å². The number of unbranched alkanes of at least 4 members (excludes halogenated alkanes) is 1. The third-order valence-electron chi connectivity index (χ3n) is 4.41. The summed E-state index contributed by atoms with van der Waals surface area (Å²) in [6.07, 6.45) is 8.11. The second kappa shape index (κ2) is 9.80. The summed E-state index contributed by atoms with van der Waals surface area (Å²) in [5.41, 5.74) is 2.04. The number of aromatic nitrogens is 3. The Kier molecular flexibility index (Phi) is 7.74. The second-order valence-corrected chi connectivity index (χ2v) is 13.5. The molecule has 0 aliphatic carbocycles. The lowest BCUT2D eigenvalue weighted by atomic mass is 10.1. The van der Waals surface area contributed by atoms with Crippen LogP contribution in [0.5, 0.6) is 0 Å². The average molecular weight is 390 g/mol. The van der Waals surface area contributed by atoms with Crippen LogP contribution in [0.2, 0.25) is 25.7 Å². The van der Waals surface area contributed by atoms with Crippen LogP contribution in [0.15, 0.2) is 24.7 Å². The SMILES string of the molecule is CCCCc1ncc(-c2cnccc2C(=O)OC)n1COCC[Si](C)(C)C. The van der Waals surface area contributed by atoms with Gasteiger partial charge in [0.05, 0.1) is 24.6 Å². The third kappa shape index (κ3) is 6.00. The molecular weight excluding hydrogens is 358 g/mol. The zero-order valence-electron chi connectivity index (χ0n) is 17.1. The number of carbonyl (C=O) groups excluding carboxylic acids is 1. The van der Waals surface area contributed by atoms with Gasteiger partial charge in [0, 0.05) is 39.1 Å². The fourth-order valence-corrected chi connectivity index (χ4v) is 3.48. The minimum atomic E-state index is -1.14. The van der Waals surface area contributed by atoms with E-state index in [4.69, 9.17) is 9.47 Å². The molecule has 148 valence electrons. The first-order valence-electron chi connectivity index (χ1n) is 9.52. The van der Waals surface area contributed by atoms with E-state index in [1.807, 2.05) is 0 Å². The Bertz CT molecular complexity index is 753. The summed E-state index contributed by atoms with van der Waals surface area (Å²) in [6, 6.07) is 2.79. The minimum Gasteiger partial charge on any atom is -0.465 e. The Morgan fingerprint density at radius 2 is 2.04 bits per heavy atom. The van der Waals surface area contributed by atoms with Gasteiger partial charge in [0.25, 0.3) is 0 Å². The number of imidazole rings is 1. The lowest BCUT2D eigenvalue weighted by Gasteiger charge is -2.17. The number of esters is 1. The number of hydrogen-bond donors (Lipinski definition) is 0. The average Bonchev–Trinajstić information content (AvgIpc) is 3.04. The molecule has 0 atom stereocenters. The lowest BCUT2D eigenvalue weighted by Crippen LogP contribution is -2.22. The zero-order valence-corrected chi connectivity index (χ0v) is 18.1. The van der Waals surface area contributed by atoms with E-state index in [1.54, 1.807) is 24.7 Å². The van der Waals surface area contributed by atoms with Crippen molar-refractivity contribution in [1.82, 2.24) is 14.5 Å². The zero-order chi connectivity index (χ0) is 19.9. The largest absolute Gasteiger partial charge is 0.465 e. The van der Waals surface area contributed by atoms with Gasteiger partial charge in [-0.05, 0) is 18.5 Å². The molecular formula is C20H31N3O3Si. The first kappa shape index (κ1) is 21.3. The molecule has 6 nitrogen and oxygen atoms in total. The Morgan fingerprint density at radius 1 is 1.26 bits per heavy atom. The highest BCUT2D eigenvalue weighted by atomic mass is 28.3. The van der Waals surface area contributed by atoms with Gasteiger partial charge in [-0.15, -0.1) is 0 Å². The van der Waals surface area contributed by atoms with Gasteiger partial charge in [-0.1, -0.05) is 33.0 Å². The van der Waals surface area contributed by atoms with Crippen molar-refractivity contribution in [3.63, 3.8) is 0 Å². The number of carbonyl (C=O) groups is 1. The summed E-state index contributed by atoms with van der Waals surface area (Å²) in [7, 11) is 0.244. The van der Waals surface area contributed by atoms with Crippen molar-refractivity contribution < 1.29 is 14.3 Å². The first-order valence-corrected chi connectivity index (χ1v) is 13.2. The molecule has 7 heteroatoms. The Morgan fingerprint density at radius 3 is 2.70 bits per heavy atom. The highest BCUT2D eigenvalue weighted by molar-refractivity contribution is 6.76. The fourth-order valence-electron chi connectivity index (χ4n) is 2.73. The molecule has 0 bridgehead atoms. The summed E-state index contributed by atoms with van der Waals surface area (Å²) < 4.78 is 13.0. The Balaban J connectivity index is 2.31. The monoisotopic (exact) mass is 389 g/mol. The van der Waals surface area contributed by atoms with E-state index in [0.717, 1.165) is 43.4 Å². The molecule has 0 amide bonds. The van der Waals surface area contributed by atoms with Gasteiger partial charge < -0.3 is 14.0 Å². The first-order chi connectivity index (χ1) is 12.9. The molecule has 0 aliphatic rings. The van der Waals surface area contributed by atoms with Crippen molar-refractivity contribution in [2.45, 2.75) is 58.6 Å². The van der Waals surface area contributed by atoms with Crippen LogP contribution < -0.4 is 0 Å². The third-order valence-corrected chi connectivity index (χ3v) is 6.12. The molecule has 2 heterocycles. The van der Waals surface area contributed by atoms with Gasteiger partial charge in [0.1, 0.15) is 12.6 Å². The lowest BCUT2D eigenvalue weighted by molar-refractivity contribution is 0.0601. The number of nitrogens with zero attached hydrogens (tertiary/aromatic N) is 3.